The zero-order valence-electron chi connectivity index (χ0n) is 10.4. The Bertz CT molecular complexity index is 497. The summed E-state index contributed by atoms with van der Waals surface area (Å²) in [6.45, 7) is 0. The number of piperidine rings is 1. The third kappa shape index (κ3) is 2.53. The van der Waals surface area contributed by atoms with E-state index in [-0.39, 0.29) is 11.7 Å². The zero-order valence-corrected chi connectivity index (χ0v) is 10.4. The van der Waals surface area contributed by atoms with Gasteiger partial charge in [-0.2, -0.15) is 0 Å². The Balaban J connectivity index is 1.78. The lowest BCUT2D eigenvalue weighted by Crippen LogP contribution is -2.43. The number of nitro groups is 1. The molecule has 0 radical (unpaired) electrons. The van der Waals surface area contributed by atoms with Crippen LogP contribution in [0.1, 0.15) is 25.7 Å². The Morgan fingerprint density at radius 3 is 2.63 bits per heavy atom. The fourth-order valence-corrected chi connectivity index (χ4v) is 3.17. The largest absolute Gasteiger partial charge is 0.377 e. The van der Waals surface area contributed by atoms with Crippen LogP contribution in [0.2, 0.25) is 0 Å². The van der Waals surface area contributed by atoms with Gasteiger partial charge in [0.05, 0.1) is 11.0 Å². The van der Waals surface area contributed by atoms with Crippen LogP contribution in [0.5, 0.6) is 0 Å². The van der Waals surface area contributed by atoms with Crippen LogP contribution in [0.4, 0.5) is 15.8 Å². The molecule has 2 unspecified atom stereocenters. The predicted octanol–water partition coefficient (Wildman–Crippen LogP) is 2.43. The molecule has 1 aromatic carbocycles. The minimum atomic E-state index is -0.581. The highest BCUT2D eigenvalue weighted by Crippen LogP contribution is 2.31. The molecule has 2 aliphatic heterocycles. The highest BCUT2D eigenvalue weighted by Gasteiger charge is 2.34. The van der Waals surface area contributed by atoms with Gasteiger partial charge in [0.25, 0.3) is 5.69 Å². The number of benzene rings is 1. The Hall–Kier alpha value is -1.69. The molecule has 3 rings (SSSR count). The lowest BCUT2D eigenvalue weighted by molar-refractivity contribution is -0.384. The SMILES string of the molecule is O=[N+]([O-])c1cc(F)ccc1NC1CC2CCC(C1)N2. The Kier molecular flexibility index (Phi) is 3.10. The average Bonchev–Trinajstić information content (AvgIpc) is 2.71. The van der Waals surface area contributed by atoms with Gasteiger partial charge in [0.2, 0.25) is 0 Å². The molecule has 6 heteroatoms. The summed E-state index contributed by atoms with van der Waals surface area (Å²) < 4.78 is 13.1. The first-order valence-electron chi connectivity index (χ1n) is 6.58. The molecule has 102 valence electrons. The number of anilines is 1. The van der Waals surface area contributed by atoms with Crippen LogP contribution >= 0.6 is 0 Å². The molecule has 0 aromatic heterocycles. The second-order valence-electron chi connectivity index (χ2n) is 5.37. The van der Waals surface area contributed by atoms with Gasteiger partial charge in [0.15, 0.2) is 0 Å². The van der Waals surface area contributed by atoms with Crippen LogP contribution in [0.25, 0.3) is 0 Å². The zero-order chi connectivity index (χ0) is 13.4. The maximum Gasteiger partial charge on any atom is 0.295 e. The molecule has 2 N–H and O–H groups in total. The number of nitrogens with one attached hydrogen (secondary N) is 2. The van der Waals surface area contributed by atoms with Gasteiger partial charge in [-0.1, -0.05) is 0 Å². The molecule has 1 aromatic rings. The van der Waals surface area contributed by atoms with Gasteiger partial charge in [0.1, 0.15) is 11.5 Å². The first kappa shape index (κ1) is 12.3. The van der Waals surface area contributed by atoms with E-state index >= 15 is 0 Å². The molecule has 0 amide bonds. The van der Waals surface area contributed by atoms with Gasteiger partial charge in [-0.25, -0.2) is 4.39 Å². The van der Waals surface area contributed by atoms with Crippen molar-refractivity contribution in [3.05, 3.63) is 34.1 Å². The molecule has 2 atom stereocenters. The van der Waals surface area contributed by atoms with E-state index in [0.717, 1.165) is 18.9 Å². The van der Waals surface area contributed by atoms with E-state index in [9.17, 15) is 14.5 Å². The van der Waals surface area contributed by atoms with Gasteiger partial charge in [0, 0.05) is 18.1 Å². The van der Waals surface area contributed by atoms with E-state index in [1.807, 2.05) is 0 Å². The predicted molar refractivity (Wildman–Crippen MR) is 69.6 cm³/mol. The third-order valence-corrected chi connectivity index (χ3v) is 3.99. The van der Waals surface area contributed by atoms with Crippen molar-refractivity contribution < 1.29 is 9.31 Å². The van der Waals surface area contributed by atoms with Crippen molar-refractivity contribution in [3.8, 4) is 0 Å². The molecule has 19 heavy (non-hydrogen) atoms. The fourth-order valence-electron chi connectivity index (χ4n) is 3.17. The molecule has 2 aliphatic rings. The summed E-state index contributed by atoms with van der Waals surface area (Å²) in [5, 5.41) is 17.7. The quantitative estimate of drug-likeness (QED) is 0.650. The number of fused-ring (bicyclic) bond motifs is 2. The van der Waals surface area contributed by atoms with Crippen molar-refractivity contribution in [3.63, 3.8) is 0 Å². The Morgan fingerprint density at radius 1 is 1.32 bits per heavy atom. The standard InChI is InChI=1S/C13H16FN3O2/c14-8-1-4-12(13(5-8)17(18)19)16-11-6-9-2-3-10(7-11)15-9/h1,4-5,9-11,15-16H,2-3,6-7H2. The van der Waals surface area contributed by atoms with Gasteiger partial charge in [-0.15, -0.1) is 0 Å². The summed E-state index contributed by atoms with van der Waals surface area (Å²) >= 11 is 0. The summed E-state index contributed by atoms with van der Waals surface area (Å²) in [5.74, 6) is -0.581. The van der Waals surface area contributed by atoms with Crippen LogP contribution in [0, 0.1) is 15.9 Å². The first-order valence-corrected chi connectivity index (χ1v) is 6.58. The van der Waals surface area contributed by atoms with E-state index in [1.165, 1.54) is 25.0 Å². The maximum atomic E-state index is 13.1. The highest BCUT2D eigenvalue weighted by molar-refractivity contribution is 5.61. The number of nitro benzene ring substituents is 1. The molecule has 2 bridgehead atoms. The molecule has 5 nitrogen and oxygen atoms in total. The van der Waals surface area contributed by atoms with Crippen molar-refractivity contribution in [1.29, 1.82) is 0 Å². The summed E-state index contributed by atoms with van der Waals surface area (Å²) in [6.07, 6.45) is 4.28. The van der Waals surface area contributed by atoms with Gasteiger partial charge in [-0.05, 0) is 37.8 Å². The number of hydrogen-bond donors (Lipinski definition) is 2. The number of rotatable bonds is 3. The smallest absolute Gasteiger partial charge is 0.295 e. The molecule has 0 aliphatic carbocycles. The van der Waals surface area contributed by atoms with E-state index in [1.54, 1.807) is 0 Å². The third-order valence-electron chi connectivity index (χ3n) is 3.99. The monoisotopic (exact) mass is 265 g/mol. The first-order chi connectivity index (χ1) is 9.11. The van der Waals surface area contributed by atoms with Crippen molar-refractivity contribution in [1.82, 2.24) is 5.32 Å². The molecular formula is C13H16FN3O2. The summed E-state index contributed by atoms with van der Waals surface area (Å²) in [5.41, 5.74) is 0.226. The van der Waals surface area contributed by atoms with E-state index < -0.39 is 10.7 Å². The van der Waals surface area contributed by atoms with Gasteiger partial charge >= 0.3 is 0 Å². The normalized spacial score (nSPS) is 29.2. The second kappa shape index (κ2) is 4.77. The van der Waals surface area contributed by atoms with Gasteiger partial charge < -0.3 is 10.6 Å². The maximum absolute atomic E-state index is 13.1. The summed E-state index contributed by atoms with van der Waals surface area (Å²) in [7, 11) is 0. The van der Waals surface area contributed by atoms with Crippen LogP contribution in [-0.2, 0) is 0 Å². The average molecular weight is 265 g/mol. The number of hydrogen-bond acceptors (Lipinski definition) is 4. The van der Waals surface area contributed by atoms with Crippen LogP contribution in [-0.4, -0.2) is 23.0 Å². The van der Waals surface area contributed by atoms with Crippen molar-refractivity contribution in [2.45, 2.75) is 43.8 Å². The van der Waals surface area contributed by atoms with Crippen molar-refractivity contribution in [2.75, 3.05) is 5.32 Å². The van der Waals surface area contributed by atoms with Crippen LogP contribution < -0.4 is 10.6 Å². The Labute approximate surface area is 110 Å². The van der Waals surface area contributed by atoms with Crippen LogP contribution in [0.15, 0.2) is 18.2 Å². The molecule has 2 heterocycles. The molecule has 0 saturated carbocycles. The molecule has 0 spiro atoms. The molecule has 2 saturated heterocycles. The number of halogens is 1. The molecular weight excluding hydrogens is 249 g/mol. The topological polar surface area (TPSA) is 67.2 Å². The second-order valence-corrected chi connectivity index (χ2v) is 5.37. The van der Waals surface area contributed by atoms with E-state index in [2.05, 4.69) is 10.6 Å². The molecule has 2 fully saturated rings. The number of nitrogens with zero attached hydrogens (tertiary/aromatic N) is 1. The van der Waals surface area contributed by atoms with Crippen LogP contribution in [0.3, 0.4) is 0 Å². The minimum absolute atomic E-state index is 0.189. The van der Waals surface area contributed by atoms with Gasteiger partial charge in [-0.3, -0.25) is 10.1 Å². The van der Waals surface area contributed by atoms with Crippen molar-refractivity contribution >= 4 is 11.4 Å². The summed E-state index contributed by atoms with van der Waals surface area (Å²) in [6, 6.07) is 4.93. The minimum Gasteiger partial charge on any atom is -0.377 e. The van der Waals surface area contributed by atoms with E-state index in [0.29, 0.717) is 17.8 Å². The fraction of sp³-hybridized carbons (Fsp3) is 0.538. The lowest BCUT2D eigenvalue weighted by atomic mass is 9.99. The van der Waals surface area contributed by atoms with E-state index in [4.69, 9.17) is 0 Å². The summed E-state index contributed by atoms with van der Waals surface area (Å²) in [4.78, 5) is 10.4. The Morgan fingerprint density at radius 2 is 2.00 bits per heavy atom. The highest BCUT2D eigenvalue weighted by atomic mass is 19.1. The van der Waals surface area contributed by atoms with Crippen molar-refractivity contribution in [2.24, 2.45) is 0 Å². The lowest BCUT2D eigenvalue weighted by Gasteiger charge is -2.30.